The summed E-state index contributed by atoms with van der Waals surface area (Å²) in [5.74, 6) is 0.207. The Morgan fingerprint density at radius 2 is 2.00 bits per heavy atom. The van der Waals surface area contributed by atoms with Crippen LogP contribution in [0.4, 0.5) is 26.2 Å². The van der Waals surface area contributed by atoms with Gasteiger partial charge in [-0.2, -0.15) is 5.10 Å². The highest BCUT2D eigenvalue weighted by Gasteiger charge is 2.17. The van der Waals surface area contributed by atoms with Crippen molar-refractivity contribution < 1.29 is 18.6 Å². The predicted octanol–water partition coefficient (Wildman–Crippen LogP) is 3.17. The average molecular weight is 419 g/mol. The minimum Gasteiger partial charge on any atom is -0.493 e. The topological polar surface area (TPSA) is 124 Å². The van der Waals surface area contributed by atoms with Crippen LogP contribution in [0.25, 0.3) is 11.1 Å². The number of rotatable bonds is 8. The van der Waals surface area contributed by atoms with Gasteiger partial charge < -0.3 is 20.9 Å². The second kappa shape index (κ2) is 8.57. The Kier molecular flexibility index (Phi) is 6.11. The van der Waals surface area contributed by atoms with E-state index in [1.165, 1.54) is 6.07 Å². The van der Waals surface area contributed by atoms with Gasteiger partial charge in [-0.25, -0.2) is 23.7 Å². The molecule has 0 radical (unpaired) electrons. The molecule has 3 aromatic rings. The van der Waals surface area contributed by atoms with E-state index in [9.17, 15) is 13.9 Å². The number of aliphatic hydroxyl groups is 1. The van der Waals surface area contributed by atoms with Crippen LogP contribution in [0, 0.1) is 0 Å². The second-order valence-electron chi connectivity index (χ2n) is 7.20. The molecule has 0 aliphatic carbocycles. The van der Waals surface area contributed by atoms with Gasteiger partial charge in [0.2, 0.25) is 0 Å². The number of hydrogen-bond donors (Lipinski definition) is 3. The number of nitrogen functional groups attached to an aromatic ring is 1. The van der Waals surface area contributed by atoms with Crippen LogP contribution < -0.4 is 15.8 Å². The number of nitrogens with zero attached hydrogens (tertiary/aromatic N) is 5. The number of aromatic nitrogens is 5. The Labute approximate surface area is 171 Å². The van der Waals surface area contributed by atoms with Crippen molar-refractivity contribution in [3.63, 3.8) is 0 Å². The van der Waals surface area contributed by atoms with Gasteiger partial charge in [0.05, 0.1) is 24.9 Å². The van der Waals surface area contributed by atoms with Crippen molar-refractivity contribution in [1.82, 2.24) is 24.7 Å². The van der Waals surface area contributed by atoms with Crippen molar-refractivity contribution in [2.45, 2.75) is 39.3 Å². The molecular formula is C19H23F2N7O2. The first-order valence-corrected chi connectivity index (χ1v) is 9.22. The molecule has 0 atom stereocenters. The molecule has 4 N–H and O–H groups in total. The second-order valence-corrected chi connectivity index (χ2v) is 7.20. The summed E-state index contributed by atoms with van der Waals surface area (Å²) in [6, 6.07) is 2.97. The van der Waals surface area contributed by atoms with E-state index in [2.05, 4.69) is 25.4 Å². The highest BCUT2D eigenvalue weighted by Crippen LogP contribution is 2.32. The first-order valence-electron chi connectivity index (χ1n) is 9.22. The summed E-state index contributed by atoms with van der Waals surface area (Å²) in [7, 11) is 0. The molecule has 9 nitrogen and oxygen atoms in total. The highest BCUT2D eigenvalue weighted by atomic mass is 19.3. The zero-order chi connectivity index (χ0) is 21.9. The molecule has 0 bridgehead atoms. The predicted molar refractivity (Wildman–Crippen MR) is 108 cm³/mol. The summed E-state index contributed by atoms with van der Waals surface area (Å²) in [4.78, 5) is 11.6. The number of pyridine rings is 1. The Bertz CT molecular complexity index is 1020. The standard InChI is InChI=1S/C19H23F2N7O2/c1-4-30-13-5-15(26-16-6-14(22)25-18(27-16)17(20)21)23-8-12(13)11-7-24-28(9-11)10-19(2,3)29/h5-9,17,29H,4,10H2,1-3H3,(H3,22,23,25,26,27). The molecule has 0 aliphatic heterocycles. The van der Waals surface area contributed by atoms with Gasteiger partial charge >= 0.3 is 0 Å². The van der Waals surface area contributed by atoms with Crippen LogP contribution in [0.2, 0.25) is 0 Å². The van der Waals surface area contributed by atoms with Crippen molar-refractivity contribution in [3.8, 4) is 16.9 Å². The SMILES string of the molecule is CCOc1cc(Nc2cc(N)nc(C(F)F)n2)ncc1-c1cnn(CC(C)(C)O)c1. The molecule has 3 heterocycles. The molecule has 11 heteroatoms. The molecule has 0 aliphatic rings. The molecule has 30 heavy (non-hydrogen) atoms. The van der Waals surface area contributed by atoms with Gasteiger partial charge in [0, 0.05) is 35.7 Å². The van der Waals surface area contributed by atoms with Gasteiger partial charge in [-0.1, -0.05) is 0 Å². The minimum absolute atomic E-state index is 0.0799. The molecule has 0 unspecified atom stereocenters. The zero-order valence-electron chi connectivity index (χ0n) is 16.8. The van der Waals surface area contributed by atoms with Crippen molar-refractivity contribution in [3.05, 3.63) is 36.5 Å². The van der Waals surface area contributed by atoms with E-state index >= 15 is 0 Å². The summed E-state index contributed by atoms with van der Waals surface area (Å²) >= 11 is 0. The Hall–Kier alpha value is -3.34. The van der Waals surface area contributed by atoms with E-state index in [4.69, 9.17) is 10.5 Å². The van der Waals surface area contributed by atoms with Crippen molar-refractivity contribution in [2.75, 3.05) is 17.7 Å². The van der Waals surface area contributed by atoms with E-state index in [0.29, 0.717) is 30.3 Å². The molecule has 0 saturated carbocycles. The highest BCUT2D eigenvalue weighted by molar-refractivity contribution is 5.71. The molecule has 160 valence electrons. The number of anilines is 3. The maximum Gasteiger partial charge on any atom is 0.297 e. The van der Waals surface area contributed by atoms with Crippen LogP contribution >= 0.6 is 0 Å². The van der Waals surface area contributed by atoms with Crippen molar-refractivity contribution in [2.24, 2.45) is 0 Å². The van der Waals surface area contributed by atoms with Crippen LogP contribution in [-0.4, -0.2) is 42.0 Å². The maximum absolute atomic E-state index is 12.9. The first kappa shape index (κ1) is 21.4. The van der Waals surface area contributed by atoms with Gasteiger partial charge in [0.25, 0.3) is 6.43 Å². The summed E-state index contributed by atoms with van der Waals surface area (Å²) in [6.07, 6.45) is 2.17. The summed E-state index contributed by atoms with van der Waals surface area (Å²) in [5, 5.41) is 17.1. The van der Waals surface area contributed by atoms with Crippen molar-refractivity contribution in [1.29, 1.82) is 0 Å². The number of hydrogen-bond acceptors (Lipinski definition) is 8. The van der Waals surface area contributed by atoms with E-state index in [1.54, 1.807) is 43.2 Å². The molecular weight excluding hydrogens is 396 g/mol. The van der Waals surface area contributed by atoms with Gasteiger partial charge in [0.1, 0.15) is 23.2 Å². The number of nitrogens with one attached hydrogen (secondary N) is 1. The van der Waals surface area contributed by atoms with Crippen LogP contribution in [0.1, 0.15) is 33.0 Å². The lowest BCUT2D eigenvalue weighted by molar-refractivity contribution is 0.0577. The molecule has 0 fully saturated rings. The third kappa shape index (κ3) is 5.38. The lowest BCUT2D eigenvalue weighted by Crippen LogP contribution is -2.26. The molecule has 3 rings (SSSR count). The average Bonchev–Trinajstić information content (AvgIpc) is 3.08. The molecule has 0 amide bonds. The maximum atomic E-state index is 12.9. The largest absolute Gasteiger partial charge is 0.493 e. The van der Waals surface area contributed by atoms with Crippen molar-refractivity contribution >= 4 is 17.5 Å². The number of ether oxygens (including phenoxy) is 1. The molecule has 0 saturated heterocycles. The van der Waals surface area contributed by atoms with E-state index in [1.807, 2.05) is 6.92 Å². The Balaban J connectivity index is 1.89. The van der Waals surface area contributed by atoms with Crippen LogP contribution in [0.3, 0.4) is 0 Å². The lowest BCUT2D eigenvalue weighted by Gasteiger charge is -2.16. The first-order chi connectivity index (χ1) is 14.1. The van der Waals surface area contributed by atoms with Gasteiger partial charge in [0.15, 0.2) is 5.82 Å². The van der Waals surface area contributed by atoms with Crippen LogP contribution in [0.15, 0.2) is 30.7 Å². The smallest absolute Gasteiger partial charge is 0.297 e. The number of nitrogens with two attached hydrogens (primary N) is 1. The summed E-state index contributed by atoms with van der Waals surface area (Å²) in [6.45, 7) is 5.97. The third-order valence-electron chi connectivity index (χ3n) is 3.87. The summed E-state index contributed by atoms with van der Waals surface area (Å²) < 4.78 is 33.2. The van der Waals surface area contributed by atoms with Gasteiger partial charge in [-0.05, 0) is 20.8 Å². The van der Waals surface area contributed by atoms with Gasteiger partial charge in [-0.3, -0.25) is 4.68 Å². The fraction of sp³-hybridized carbons (Fsp3) is 0.368. The van der Waals surface area contributed by atoms with Crippen LogP contribution in [-0.2, 0) is 6.54 Å². The normalized spacial score (nSPS) is 11.7. The fourth-order valence-corrected chi connectivity index (χ4v) is 2.76. The van der Waals surface area contributed by atoms with Crippen LogP contribution in [0.5, 0.6) is 5.75 Å². The molecule has 3 aromatic heterocycles. The third-order valence-corrected chi connectivity index (χ3v) is 3.87. The van der Waals surface area contributed by atoms with Gasteiger partial charge in [-0.15, -0.1) is 0 Å². The minimum atomic E-state index is -2.84. The number of halogens is 2. The Morgan fingerprint density at radius 3 is 2.67 bits per heavy atom. The summed E-state index contributed by atoms with van der Waals surface area (Å²) in [5.41, 5.74) is 6.12. The van der Waals surface area contributed by atoms with E-state index in [0.717, 1.165) is 5.56 Å². The fourth-order valence-electron chi connectivity index (χ4n) is 2.76. The molecule has 0 spiro atoms. The van der Waals surface area contributed by atoms with E-state index < -0.39 is 17.9 Å². The molecule has 0 aromatic carbocycles. The monoisotopic (exact) mass is 419 g/mol. The number of alkyl halides is 2. The Morgan fingerprint density at radius 1 is 1.23 bits per heavy atom. The zero-order valence-corrected chi connectivity index (χ0v) is 16.8. The lowest BCUT2D eigenvalue weighted by atomic mass is 10.1. The van der Waals surface area contributed by atoms with E-state index in [-0.39, 0.29) is 11.6 Å². The quantitative estimate of drug-likeness (QED) is 0.509.